The summed E-state index contributed by atoms with van der Waals surface area (Å²) in [5, 5.41) is 2.50. The number of carbonyl (C=O) groups excluding carboxylic acids is 4. The van der Waals surface area contributed by atoms with Crippen LogP contribution in [0.2, 0.25) is 0 Å². The molecule has 1 aromatic carbocycles. The third kappa shape index (κ3) is 5.15. The molecule has 10 nitrogen and oxygen atoms in total. The summed E-state index contributed by atoms with van der Waals surface area (Å²) in [5.41, 5.74) is 0.233. The number of anilines is 1. The lowest BCUT2D eigenvalue weighted by Crippen LogP contribution is -2.45. The van der Waals surface area contributed by atoms with Crippen molar-refractivity contribution in [1.82, 2.24) is 9.21 Å². The number of hydrogen-bond donors (Lipinski definition) is 1. The molecular weight excluding hydrogens is 462 g/mol. The second-order valence-electron chi connectivity index (χ2n) is 8.49. The second-order valence-corrected chi connectivity index (χ2v) is 10.4. The normalized spacial score (nSPS) is 21.4. The van der Waals surface area contributed by atoms with E-state index in [-0.39, 0.29) is 34.2 Å². The maximum absolute atomic E-state index is 12.7. The molecule has 34 heavy (non-hydrogen) atoms. The highest BCUT2D eigenvalue weighted by molar-refractivity contribution is 7.89. The zero-order chi connectivity index (χ0) is 25.0. The van der Waals surface area contributed by atoms with E-state index < -0.39 is 34.5 Å². The molecule has 3 amide bonds. The highest BCUT2D eigenvalue weighted by Gasteiger charge is 2.51. The summed E-state index contributed by atoms with van der Waals surface area (Å²) in [4.78, 5) is 51.1. The summed E-state index contributed by atoms with van der Waals surface area (Å²) in [5.74, 6) is -2.98. The monoisotopic (exact) mass is 493 g/mol. The topological polar surface area (TPSA) is 130 Å². The Morgan fingerprint density at radius 1 is 1.12 bits per heavy atom. The van der Waals surface area contributed by atoms with E-state index in [0.717, 1.165) is 17.7 Å². The number of carbonyl (C=O) groups is 4. The molecule has 3 rings (SSSR count). The highest BCUT2D eigenvalue weighted by Crippen LogP contribution is 2.38. The van der Waals surface area contributed by atoms with Crippen molar-refractivity contribution in [2.75, 3.05) is 25.0 Å². The summed E-state index contributed by atoms with van der Waals surface area (Å²) in [6.07, 6.45) is 3.03. The van der Waals surface area contributed by atoms with Crippen LogP contribution in [0.3, 0.4) is 0 Å². The number of esters is 1. The maximum Gasteiger partial charge on any atom is 0.329 e. The maximum atomic E-state index is 12.7. The summed E-state index contributed by atoms with van der Waals surface area (Å²) >= 11 is 0. The predicted molar refractivity (Wildman–Crippen MR) is 123 cm³/mol. The van der Waals surface area contributed by atoms with Gasteiger partial charge < -0.3 is 10.1 Å². The minimum atomic E-state index is -3.70. The molecule has 1 N–H and O–H groups in total. The molecule has 1 aliphatic carbocycles. The molecule has 0 spiro atoms. The molecule has 1 saturated heterocycles. The number of fused-ring (bicyclic) bond motifs is 1. The Bertz CT molecular complexity index is 1040. The third-order valence-corrected chi connectivity index (χ3v) is 8.46. The molecule has 0 aromatic heterocycles. The molecule has 2 aliphatic rings. The van der Waals surface area contributed by atoms with E-state index in [9.17, 15) is 27.6 Å². The lowest BCUT2D eigenvalue weighted by molar-refractivity contribution is -0.159. The van der Waals surface area contributed by atoms with Crippen LogP contribution in [0.15, 0.2) is 29.2 Å². The van der Waals surface area contributed by atoms with Crippen LogP contribution in [0.1, 0.15) is 46.5 Å². The average molecular weight is 494 g/mol. The van der Waals surface area contributed by atoms with Gasteiger partial charge in [0.05, 0.1) is 16.7 Å². The lowest BCUT2D eigenvalue weighted by Gasteiger charge is -2.21. The quantitative estimate of drug-likeness (QED) is 0.410. The van der Waals surface area contributed by atoms with Crippen LogP contribution in [-0.4, -0.2) is 67.1 Å². The van der Waals surface area contributed by atoms with Crippen molar-refractivity contribution < 1.29 is 32.3 Å². The first-order valence-corrected chi connectivity index (χ1v) is 13.0. The van der Waals surface area contributed by atoms with Crippen molar-refractivity contribution in [2.45, 2.75) is 57.4 Å². The van der Waals surface area contributed by atoms with Crippen molar-refractivity contribution >= 4 is 39.4 Å². The van der Waals surface area contributed by atoms with Gasteiger partial charge >= 0.3 is 5.97 Å². The summed E-state index contributed by atoms with van der Waals surface area (Å²) in [6.45, 7) is 4.87. The van der Waals surface area contributed by atoms with E-state index in [0.29, 0.717) is 25.9 Å². The minimum Gasteiger partial charge on any atom is -0.454 e. The Balaban J connectivity index is 1.58. The van der Waals surface area contributed by atoms with Gasteiger partial charge in [0.15, 0.2) is 6.61 Å². The van der Waals surface area contributed by atoms with E-state index in [1.807, 2.05) is 0 Å². The molecule has 186 valence electrons. The first-order chi connectivity index (χ1) is 16.1. The van der Waals surface area contributed by atoms with Gasteiger partial charge in [0.2, 0.25) is 21.8 Å². The van der Waals surface area contributed by atoms with Crippen molar-refractivity contribution in [3.8, 4) is 0 Å². The van der Waals surface area contributed by atoms with Gasteiger partial charge in [0.1, 0.15) is 6.04 Å². The first-order valence-electron chi connectivity index (χ1n) is 11.5. The molecule has 1 heterocycles. The van der Waals surface area contributed by atoms with Gasteiger partial charge in [-0.05, 0) is 38.0 Å². The summed E-state index contributed by atoms with van der Waals surface area (Å²) in [6, 6.07) is 4.67. The zero-order valence-corrected chi connectivity index (χ0v) is 20.5. The molecule has 3 atom stereocenters. The van der Waals surface area contributed by atoms with Gasteiger partial charge in [-0.2, -0.15) is 4.31 Å². The van der Waals surface area contributed by atoms with Crippen LogP contribution < -0.4 is 5.32 Å². The third-order valence-electron chi connectivity index (χ3n) is 6.41. The molecule has 1 saturated carbocycles. The van der Waals surface area contributed by atoms with E-state index in [4.69, 9.17) is 4.74 Å². The van der Waals surface area contributed by atoms with Gasteiger partial charge in [-0.25, -0.2) is 13.2 Å². The number of ether oxygens (including phenoxy) is 1. The Morgan fingerprint density at radius 3 is 2.26 bits per heavy atom. The molecule has 2 unspecified atom stereocenters. The molecule has 1 aliphatic heterocycles. The lowest BCUT2D eigenvalue weighted by atomic mass is 9.81. The van der Waals surface area contributed by atoms with Crippen LogP contribution in [-0.2, 0) is 33.9 Å². The van der Waals surface area contributed by atoms with Crippen LogP contribution in [0, 0.1) is 11.8 Å². The zero-order valence-electron chi connectivity index (χ0n) is 19.7. The standard InChI is InChI=1S/C23H31N3O7S/c1-4-25(5-2)34(31,32)17-10-8-9-16(13-17)24-20(27)14-33-23(30)15(3)26-21(28)18-11-6-7-12-19(18)22(26)29/h8-10,13,15,18-19H,4-7,11-12,14H2,1-3H3,(H,24,27)/t15-,18?,19?/m0/s1. The van der Waals surface area contributed by atoms with Crippen LogP contribution in [0.5, 0.6) is 0 Å². The number of imide groups is 1. The number of sulfonamides is 1. The predicted octanol–water partition coefficient (Wildman–Crippen LogP) is 1.76. The van der Waals surface area contributed by atoms with Gasteiger partial charge in [0, 0.05) is 18.8 Å². The minimum absolute atomic E-state index is 0.0344. The van der Waals surface area contributed by atoms with Gasteiger partial charge in [-0.15, -0.1) is 0 Å². The summed E-state index contributed by atoms with van der Waals surface area (Å²) < 4.78 is 31.7. The fraction of sp³-hybridized carbons (Fsp3) is 0.565. The molecule has 0 bridgehead atoms. The van der Waals surface area contributed by atoms with E-state index in [1.54, 1.807) is 13.8 Å². The van der Waals surface area contributed by atoms with Gasteiger partial charge in [0.25, 0.3) is 5.91 Å². The van der Waals surface area contributed by atoms with E-state index >= 15 is 0 Å². The van der Waals surface area contributed by atoms with E-state index in [1.165, 1.54) is 35.5 Å². The van der Waals surface area contributed by atoms with Gasteiger partial charge in [-0.1, -0.05) is 32.8 Å². The van der Waals surface area contributed by atoms with Crippen LogP contribution >= 0.6 is 0 Å². The number of nitrogens with zero attached hydrogens (tertiary/aromatic N) is 2. The fourth-order valence-electron chi connectivity index (χ4n) is 4.58. The average Bonchev–Trinajstić information content (AvgIpc) is 3.08. The van der Waals surface area contributed by atoms with Crippen LogP contribution in [0.25, 0.3) is 0 Å². The largest absolute Gasteiger partial charge is 0.454 e. The Labute approximate surface area is 199 Å². The van der Waals surface area contributed by atoms with Crippen LogP contribution in [0.4, 0.5) is 5.69 Å². The van der Waals surface area contributed by atoms with Gasteiger partial charge in [-0.3, -0.25) is 19.3 Å². The number of hydrogen-bond acceptors (Lipinski definition) is 7. The number of likely N-dealkylation sites (tertiary alicyclic amines) is 1. The molecule has 0 radical (unpaired) electrons. The first kappa shape index (κ1) is 25.8. The summed E-state index contributed by atoms with van der Waals surface area (Å²) in [7, 11) is -3.70. The van der Waals surface area contributed by atoms with Crippen molar-refractivity contribution in [3.05, 3.63) is 24.3 Å². The number of amides is 3. The molecule has 1 aromatic rings. The molecular formula is C23H31N3O7S. The van der Waals surface area contributed by atoms with Crippen molar-refractivity contribution in [3.63, 3.8) is 0 Å². The second kappa shape index (κ2) is 10.6. The highest BCUT2D eigenvalue weighted by atomic mass is 32.2. The Morgan fingerprint density at radius 2 is 1.71 bits per heavy atom. The van der Waals surface area contributed by atoms with Crippen molar-refractivity contribution in [2.24, 2.45) is 11.8 Å². The number of benzene rings is 1. The van der Waals surface area contributed by atoms with Crippen molar-refractivity contribution in [1.29, 1.82) is 0 Å². The number of rotatable bonds is 9. The SMILES string of the molecule is CCN(CC)S(=O)(=O)c1cccc(NC(=O)COC(=O)[C@H](C)N2C(=O)C3CCCCC3C2=O)c1. The molecule has 11 heteroatoms. The number of nitrogens with one attached hydrogen (secondary N) is 1. The fourth-order valence-corrected chi connectivity index (χ4v) is 6.08. The smallest absolute Gasteiger partial charge is 0.329 e. The Kier molecular flexibility index (Phi) is 8.09. The van der Waals surface area contributed by atoms with E-state index in [2.05, 4.69) is 5.32 Å². The Hall–Kier alpha value is -2.79. The molecule has 2 fully saturated rings.